The summed E-state index contributed by atoms with van der Waals surface area (Å²) < 4.78 is 13.9. The Labute approximate surface area is 103 Å². The van der Waals surface area contributed by atoms with E-state index in [1.807, 2.05) is 6.07 Å². The van der Waals surface area contributed by atoms with Crippen molar-refractivity contribution in [2.45, 2.75) is 6.04 Å². The molecule has 1 atom stereocenters. The number of hydrazine groups is 1. The van der Waals surface area contributed by atoms with Gasteiger partial charge in [-0.1, -0.05) is 29.8 Å². The molecule has 88 valence electrons. The second-order valence-electron chi connectivity index (χ2n) is 3.53. The largest absolute Gasteiger partial charge is 0.271 e. The van der Waals surface area contributed by atoms with Gasteiger partial charge in [-0.3, -0.25) is 10.8 Å². The van der Waals surface area contributed by atoms with Gasteiger partial charge in [-0.25, -0.2) is 9.82 Å². The lowest BCUT2D eigenvalue weighted by molar-refractivity contribution is 0.559. The third-order valence-corrected chi connectivity index (χ3v) is 2.77. The van der Waals surface area contributed by atoms with E-state index in [0.29, 0.717) is 5.56 Å². The Morgan fingerprint density at radius 1 is 1.29 bits per heavy atom. The van der Waals surface area contributed by atoms with Gasteiger partial charge in [0.1, 0.15) is 5.82 Å². The zero-order chi connectivity index (χ0) is 12.3. The molecule has 0 aliphatic heterocycles. The van der Waals surface area contributed by atoms with Gasteiger partial charge in [0.05, 0.1) is 11.1 Å². The molecule has 1 aromatic heterocycles. The first kappa shape index (κ1) is 12.0. The average Bonchev–Trinajstić information content (AvgIpc) is 2.37. The molecule has 3 N–H and O–H groups in total. The normalized spacial score (nSPS) is 12.4. The highest BCUT2D eigenvalue weighted by atomic mass is 35.5. The van der Waals surface area contributed by atoms with Crippen LogP contribution in [-0.4, -0.2) is 4.98 Å². The summed E-state index contributed by atoms with van der Waals surface area (Å²) in [6, 6.07) is 7.93. The van der Waals surface area contributed by atoms with E-state index >= 15 is 0 Å². The van der Waals surface area contributed by atoms with Crippen molar-refractivity contribution in [3.05, 3.63) is 64.7 Å². The van der Waals surface area contributed by atoms with Crippen LogP contribution in [0.15, 0.2) is 42.7 Å². The molecular weight excluding hydrogens is 241 g/mol. The lowest BCUT2D eigenvalue weighted by Crippen LogP contribution is -2.29. The predicted molar refractivity (Wildman–Crippen MR) is 64.8 cm³/mol. The Morgan fingerprint density at radius 3 is 2.76 bits per heavy atom. The fourth-order valence-corrected chi connectivity index (χ4v) is 1.84. The molecule has 17 heavy (non-hydrogen) atoms. The first-order valence-electron chi connectivity index (χ1n) is 5.04. The zero-order valence-electron chi connectivity index (χ0n) is 8.90. The molecule has 0 spiro atoms. The molecule has 1 unspecified atom stereocenters. The molecule has 0 aliphatic rings. The van der Waals surface area contributed by atoms with Crippen LogP contribution in [0.25, 0.3) is 0 Å². The smallest absolute Gasteiger partial charge is 0.146 e. The third kappa shape index (κ3) is 2.44. The number of benzene rings is 1. The molecule has 0 bridgehead atoms. The lowest BCUT2D eigenvalue weighted by atomic mass is 10.0. The van der Waals surface area contributed by atoms with Crippen molar-refractivity contribution < 1.29 is 4.39 Å². The number of nitrogens with one attached hydrogen (secondary N) is 1. The number of nitrogens with zero attached hydrogens (tertiary/aromatic N) is 1. The van der Waals surface area contributed by atoms with Crippen LogP contribution in [0.3, 0.4) is 0 Å². The Balaban J connectivity index is 2.46. The lowest BCUT2D eigenvalue weighted by Gasteiger charge is -2.17. The third-order valence-electron chi connectivity index (χ3n) is 2.48. The summed E-state index contributed by atoms with van der Waals surface area (Å²) in [4.78, 5) is 3.98. The van der Waals surface area contributed by atoms with Gasteiger partial charge < -0.3 is 0 Å². The van der Waals surface area contributed by atoms with Crippen LogP contribution in [0.5, 0.6) is 0 Å². The van der Waals surface area contributed by atoms with Crippen molar-refractivity contribution in [1.82, 2.24) is 10.4 Å². The second-order valence-corrected chi connectivity index (χ2v) is 3.94. The number of hydrogen-bond donors (Lipinski definition) is 2. The number of hydrogen-bond acceptors (Lipinski definition) is 3. The van der Waals surface area contributed by atoms with E-state index in [-0.39, 0.29) is 5.02 Å². The van der Waals surface area contributed by atoms with Gasteiger partial charge in [0.2, 0.25) is 0 Å². The van der Waals surface area contributed by atoms with Gasteiger partial charge in [0.15, 0.2) is 0 Å². The van der Waals surface area contributed by atoms with Crippen LogP contribution >= 0.6 is 11.6 Å². The highest BCUT2D eigenvalue weighted by Crippen LogP contribution is 2.27. The maximum absolute atomic E-state index is 13.9. The molecule has 0 saturated carbocycles. The molecule has 5 heteroatoms. The van der Waals surface area contributed by atoms with Crippen molar-refractivity contribution in [2.75, 3.05) is 0 Å². The molecule has 0 radical (unpaired) electrons. The number of nitrogens with two attached hydrogens (primary N) is 1. The van der Waals surface area contributed by atoms with E-state index in [0.717, 1.165) is 5.56 Å². The molecule has 2 rings (SSSR count). The number of halogens is 2. The minimum absolute atomic E-state index is 0.0756. The predicted octanol–water partition coefficient (Wildman–Crippen LogP) is 2.43. The molecule has 3 nitrogen and oxygen atoms in total. The fraction of sp³-hybridized carbons (Fsp3) is 0.0833. The fourth-order valence-electron chi connectivity index (χ4n) is 1.66. The molecule has 0 amide bonds. The van der Waals surface area contributed by atoms with Crippen molar-refractivity contribution >= 4 is 11.6 Å². The molecule has 1 heterocycles. The summed E-state index contributed by atoms with van der Waals surface area (Å²) in [6.07, 6.45) is 3.27. The number of rotatable bonds is 3. The van der Waals surface area contributed by atoms with Crippen molar-refractivity contribution in [2.24, 2.45) is 5.84 Å². The molecule has 0 fully saturated rings. The monoisotopic (exact) mass is 251 g/mol. The van der Waals surface area contributed by atoms with Crippen LogP contribution in [0.2, 0.25) is 5.02 Å². The van der Waals surface area contributed by atoms with Crippen molar-refractivity contribution in [3.8, 4) is 0 Å². The van der Waals surface area contributed by atoms with E-state index in [4.69, 9.17) is 17.4 Å². The zero-order valence-corrected chi connectivity index (χ0v) is 9.66. The maximum Gasteiger partial charge on any atom is 0.146 e. The minimum atomic E-state index is -0.471. The minimum Gasteiger partial charge on any atom is -0.271 e. The Bertz CT molecular complexity index is 504. The van der Waals surface area contributed by atoms with Gasteiger partial charge in [-0.05, 0) is 17.7 Å². The maximum atomic E-state index is 13.9. The van der Waals surface area contributed by atoms with Crippen LogP contribution in [0.4, 0.5) is 4.39 Å². The molecule has 0 aliphatic carbocycles. The number of aromatic nitrogens is 1. The molecular formula is C12H11ClFN3. The van der Waals surface area contributed by atoms with Gasteiger partial charge in [0, 0.05) is 18.0 Å². The van der Waals surface area contributed by atoms with Gasteiger partial charge in [0.25, 0.3) is 0 Å². The van der Waals surface area contributed by atoms with Crippen LogP contribution in [0, 0.1) is 5.82 Å². The van der Waals surface area contributed by atoms with E-state index in [9.17, 15) is 4.39 Å². The van der Waals surface area contributed by atoms with Gasteiger partial charge in [-0.2, -0.15) is 0 Å². The SMILES string of the molecule is NNC(c1cccnc1)c1cccc(Cl)c1F. The van der Waals surface area contributed by atoms with Gasteiger partial charge >= 0.3 is 0 Å². The Kier molecular flexibility index (Phi) is 3.68. The molecule has 2 aromatic rings. The van der Waals surface area contributed by atoms with E-state index < -0.39 is 11.9 Å². The Morgan fingerprint density at radius 2 is 2.12 bits per heavy atom. The van der Waals surface area contributed by atoms with Gasteiger partial charge in [-0.15, -0.1) is 0 Å². The molecule has 1 aromatic carbocycles. The highest BCUT2D eigenvalue weighted by molar-refractivity contribution is 6.30. The highest BCUT2D eigenvalue weighted by Gasteiger charge is 2.18. The average molecular weight is 252 g/mol. The van der Waals surface area contributed by atoms with E-state index in [2.05, 4.69) is 10.4 Å². The van der Waals surface area contributed by atoms with E-state index in [1.54, 1.807) is 30.6 Å². The summed E-state index contributed by atoms with van der Waals surface area (Å²) in [5.74, 6) is 5.00. The van der Waals surface area contributed by atoms with Crippen LogP contribution in [-0.2, 0) is 0 Å². The van der Waals surface area contributed by atoms with Crippen LogP contribution in [0.1, 0.15) is 17.2 Å². The quantitative estimate of drug-likeness (QED) is 0.651. The summed E-state index contributed by atoms with van der Waals surface area (Å²) in [5, 5.41) is 0.0756. The topological polar surface area (TPSA) is 50.9 Å². The van der Waals surface area contributed by atoms with Crippen molar-refractivity contribution in [1.29, 1.82) is 0 Å². The van der Waals surface area contributed by atoms with Crippen molar-refractivity contribution in [3.63, 3.8) is 0 Å². The van der Waals surface area contributed by atoms with E-state index in [1.165, 1.54) is 6.07 Å². The summed E-state index contributed by atoms with van der Waals surface area (Å²) in [6.45, 7) is 0. The standard InChI is InChI=1S/C12H11ClFN3/c13-10-5-1-4-9(11(10)14)12(17-15)8-3-2-6-16-7-8/h1-7,12,17H,15H2. The van der Waals surface area contributed by atoms with Crippen LogP contribution < -0.4 is 11.3 Å². The summed E-state index contributed by atoms with van der Waals surface area (Å²) in [5.41, 5.74) is 3.73. The number of pyridine rings is 1. The Hall–Kier alpha value is -1.49. The first-order valence-corrected chi connectivity index (χ1v) is 5.42. The molecule has 0 saturated heterocycles. The second kappa shape index (κ2) is 5.23. The first-order chi connectivity index (χ1) is 8.24. The summed E-state index contributed by atoms with van der Waals surface area (Å²) in [7, 11) is 0. The summed E-state index contributed by atoms with van der Waals surface area (Å²) >= 11 is 5.74.